The molecule has 0 aromatic heterocycles. The number of aliphatic carboxylic acids is 1. The van der Waals surface area contributed by atoms with Crippen LogP contribution in [-0.2, 0) is 9.53 Å². The van der Waals surface area contributed by atoms with E-state index in [1.54, 1.807) is 0 Å². The van der Waals surface area contributed by atoms with Crippen LogP contribution in [0.1, 0.15) is 25.7 Å². The van der Waals surface area contributed by atoms with Crippen molar-refractivity contribution in [2.45, 2.75) is 37.9 Å². The first kappa shape index (κ1) is 9.93. The number of hydrogen-bond donors (Lipinski definition) is 2. The lowest BCUT2D eigenvalue weighted by Gasteiger charge is -2.27. The highest BCUT2D eigenvalue weighted by atomic mass is 16.5. The van der Waals surface area contributed by atoms with Crippen LogP contribution >= 0.6 is 0 Å². The molecule has 0 radical (unpaired) electrons. The molecule has 2 saturated heterocycles. The normalized spacial score (nSPS) is 34.6. The molecule has 2 rings (SSSR count). The molecule has 2 atom stereocenters. The summed E-state index contributed by atoms with van der Waals surface area (Å²) in [4.78, 5) is 10.7. The fraction of sp³-hybridized carbons (Fsp3) is 0.900. The second-order valence-electron chi connectivity index (χ2n) is 4.17. The molecule has 14 heavy (non-hydrogen) atoms. The molecule has 0 bridgehead atoms. The molecule has 0 aromatic carbocycles. The van der Waals surface area contributed by atoms with E-state index < -0.39 is 12.1 Å². The molecule has 0 unspecified atom stereocenters. The summed E-state index contributed by atoms with van der Waals surface area (Å²) in [5.41, 5.74) is 0. The number of hydrogen-bond acceptors (Lipinski definition) is 3. The molecule has 2 aliphatic rings. The topological polar surface area (TPSA) is 58.6 Å². The van der Waals surface area contributed by atoms with Crippen molar-refractivity contribution in [3.05, 3.63) is 0 Å². The average molecular weight is 199 g/mol. The second kappa shape index (κ2) is 4.28. The molecule has 2 heterocycles. The Bertz CT molecular complexity index is 213. The minimum atomic E-state index is -0.804. The minimum absolute atomic E-state index is 0.193. The maximum absolute atomic E-state index is 10.7. The Labute approximate surface area is 83.6 Å². The van der Waals surface area contributed by atoms with E-state index in [9.17, 15) is 4.79 Å². The summed E-state index contributed by atoms with van der Waals surface area (Å²) in [6, 6.07) is 0. The van der Waals surface area contributed by atoms with E-state index in [1.807, 2.05) is 0 Å². The van der Waals surface area contributed by atoms with Crippen molar-refractivity contribution >= 4 is 5.97 Å². The smallest absolute Gasteiger partial charge is 0.332 e. The lowest BCUT2D eigenvalue weighted by molar-refractivity contribution is -0.150. The zero-order valence-corrected chi connectivity index (χ0v) is 8.24. The quantitative estimate of drug-likeness (QED) is 0.684. The number of piperidine rings is 1. The van der Waals surface area contributed by atoms with Gasteiger partial charge in [0.1, 0.15) is 0 Å². The van der Waals surface area contributed by atoms with Gasteiger partial charge in [-0.3, -0.25) is 0 Å². The minimum Gasteiger partial charge on any atom is -0.479 e. The highest BCUT2D eigenvalue weighted by Crippen LogP contribution is 2.30. The molecule has 0 saturated carbocycles. The van der Waals surface area contributed by atoms with Gasteiger partial charge in [0.05, 0.1) is 6.10 Å². The highest BCUT2D eigenvalue weighted by molar-refractivity contribution is 5.72. The molecular weight excluding hydrogens is 182 g/mol. The zero-order chi connectivity index (χ0) is 9.97. The molecule has 0 aliphatic carbocycles. The van der Waals surface area contributed by atoms with E-state index >= 15 is 0 Å². The highest BCUT2D eigenvalue weighted by Gasteiger charge is 2.35. The van der Waals surface area contributed by atoms with Gasteiger partial charge in [0.15, 0.2) is 6.10 Å². The predicted octanol–water partition coefficient (Wildman–Crippen LogP) is 0.618. The molecule has 0 amide bonds. The largest absolute Gasteiger partial charge is 0.479 e. The third-order valence-electron chi connectivity index (χ3n) is 3.24. The van der Waals surface area contributed by atoms with E-state index in [0.717, 1.165) is 32.4 Å². The zero-order valence-electron chi connectivity index (χ0n) is 8.24. The average Bonchev–Trinajstić information content (AvgIpc) is 2.68. The van der Waals surface area contributed by atoms with Gasteiger partial charge in [0.25, 0.3) is 0 Å². The third kappa shape index (κ3) is 2.07. The number of ether oxygens (including phenoxy) is 1. The molecule has 2 aliphatic heterocycles. The van der Waals surface area contributed by atoms with Crippen molar-refractivity contribution in [3.8, 4) is 0 Å². The van der Waals surface area contributed by atoms with Crippen molar-refractivity contribution in [1.82, 2.24) is 5.32 Å². The maximum Gasteiger partial charge on any atom is 0.332 e. The Kier molecular flexibility index (Phi) is 3.03. The first-order valence-electron chi connectivity index (χ1n) is 5.36. The van der Waals surface area contributed by atoms with Crippen molar-refractivity contribution in [1.29, 1.82) is 0 Å². The van der Waals surface area contributed by atoms with Crippen LogP contribution in [0.15, 0.2) is 0 Å². The molecule has 2 fully saturated rings. The molecular formula is C10H17NO3. The van der Waals surface area contributed by atoms with E-state index in [1.165, 1.54) is 0 Å². The Hall–Kier alpha value is -0.610. The van der Waals surface area contributed by atoms with E-state index in [4.69, 9.17) is 9.84 Å². The summed E-state index contributed by atoms with van der Waals surface area (Å²) in [6.45, 7) is 2.09. The van der Waals surface area contributed by atoms with Crippen molar-refractivity contribution < 1.29 is 14.6 Å². The van der Waals surface area contributed by atoms with E-state index in [-0.39, 0.29) is 6.10 Å². The van der Waals surface area contributed by atoms with Gasteiger partial charge in [-0.25, -0.2) is 4.79 Å². The standard InChI is InChI=1S/C10H17NO3/c12-10(13)9-2-1-8(14-9)7-3-5-11-6-4-7/h7-9,11H,1-6H2,(H,12,13)/t8-,9+/m1/s1. The number of carboxylic acids is 1. The first-order chi connectivity index (χ1) is 6.77. The van der Waals surface area contributed by atoms with E-state index in [0.29, 0.717) is 12.3 Å². The van der Waals surface area contributed by atoms with Gasteiger partial charge in [0.2, 0.25) is 0 Å². The predicted molar refractivity (Wildman–Crippen MR) is 51.1 cm³/mol. The summed E-state index contributed by atoms with van der Waals surface area (Å²) in [6.07, 6.45) is 3.49. The van der Waals surface area contributed by atoms with Gasteiger partial charge < -0.3 is 15.2 Å². The van der Waals surface area contributed by atoms with E-state index in [2.05, 4.69) is 5.32 Å². The van der Waals surface area contributed by atoms with Crippen molar-refractivity contribution in [2.75, 3.05) is 13.1 Å². The van der Waals surface area contributed by atoms with Crippen molar-refractivity contribution in [3.63, 3.8) is 0 Å². The Morgan fingerprint density at radius 3 is 2.50 bits per heavy atom. The fourth-order valence-electron chi connectivity index (χ4n) is 2.41. The van der Waals surface area contributed by atoms with Crippen LogP contribution in [0.3, 0.4) is 0 Å². The summed E-state index contributed by atoms with van der Waals surface area (Å²) in [5, 5.41) is 12.1. The number of rotatable bonds is 2. The summed E-state index contributed by atoms with van der Waals surface area (Å²) in [5.74, 6) is -0.234. The van der Waals surface area contributed by atoms with Gasteiger partial charge in [-0.05, 0) is 44.7 Å². The van der Waals surface area contributed by atoms with Gasteiger partial charge in [-0.1, -0.05) is 0 Å². The fourth-order valence-corrected chi connectivity index (χ4v) is 2.41. The van der Waals surface area contributed by atoms with Crippen LogP contribution in [0.25, 0.3) is 0 Å². The molecule has 80 valence electrons. The molecule has 0 spiro atoms. The van der Waals surface area contributed by atoms with Gasteiger partial charge >= 0.3 is 5.97 Å². The van der Waals surface area contributed by atoms with Gasteiger partial charge in [-0.2, -0.15) is 0 Å². The van der Waals surface area contributed by atoms with Crippen LogP contribution in [0.4, 0.5) is 0 Å². The SMILES string of the molecule is O=C(O)[C@@H]1CC[C@H](C2CCNCC2)O1. The first-order valence-corrected chi connectivity index (χ1v) is 5.36. The summed E-state index contributed by atoms with van der Waals surface area (Å²) in [7, 11) is 0. The van der Waals surface area contributed by atoms with Crippen LogP contribution < -0.4 is 5.32 Å². The van der Waals surface area contributed by atoms with Gasteiger partial charge in [0, 0.05) is 0 Å². The van der Waals surface area contributed by atoms with Crippen LogP contribution in [0, 0.1) is 5.92 Å². The number of carboxylic acid groups (broad SMARTS) is 1. The van der Waals surface area contributed by atoms with Crippen molar-refractivity contribution in [2.24, 2.45) is 5.92 Å². The lowest BCUT2D eigenvalue weighted by Crippen LogP contribution is -2.34. The van der Waals surface area contributed by atoms with Crippen LogP contribution in [0.2, 0.25) is 0 Å². The monoisotopic (exact) mass is 199 g/mol. The third-order valence-corrected chi connectivity index (χ3v) is 3.24. The Balaban J connectivity index is 1.85. The molecule has 4 nitrogen and oxygen atoms in total. The van der Waals surface area contributed by atoms with Crippen LogP contribution in [0.5, 0.6) is 0 Å². The van der Waals surface area contributed by atoms with Crippen LogP contribution in [-0.4, -0.2) is 36.4 Å². The second-order valence-corrected chi connectivity index (χ2v) is 4.17. The molecule has 4 heteroatoms. The lowest BCUT2D eigenvalue weighted by atomic mass is 9.91. The summed E-state index contributed by atoms with van der Waals surface area (Å²) >= 11 is 0. The molecule has 0 aromatic rings. The molecule has 2 N–H and O–H groups in total. The maximum atomic E-state index is 10.7. The Morgan fingerprint density at radius 1 is 1.21 bits per heavy atom. The number of nitrogens with one attached hydrogen (secondary N) is 1. The summed E-state index contributed by atoms with van der Waals surface area (Å²) < 4.78 is 5.54. The Morgan fingerprint density at radius 2 is 1.93 bits per heavy atom. The van der Waals surface area contributed by atoms with Gasteiger partial charge in [-0.15, -0.1) is 0 Å². The number of carbonyl (C=O) groups is 1.